The van der Waals surface area contributed by atoms with Crippen LogP contribution in [0.5, 0.6) is 17.2 Å². The lowest BCUT2D eigenvalue weighted by atomic mass is 9.90. The van der Waals surface area contributed by atoms with Gasteiger partial charge in [0.05, 0.1) is 26.0 Å². The van der Waals surface area contributed by atoms with Crippen molar-refractivity contribution in [3.05, 3.63) is 119 Å². The van der Waals surface area contributed by atoms with Gasteiger partial charge in [-0.05, 0) is 109 Å². The molecule has 0 saturated heterocycles. The van der Waals surface area contributed by atoms with Crippen molar-refractivity contribution in [2.75, 3.05) is 20.3 Å². The molecule has 3 aliphatic rings. The van der Waals surface area contributed by atoms with Gasteiger partial charge in [-0.1, -0.05) is 62.2 Å². The molecule has 0 spiro atoms. The van der Waals surface area contributed by atoms with E-state index in [-0.39, 0.29) is 31.2 Å². The summed E-state index contributed by atoms with van der Waals surface area (Å²) in [4.78, 5) is 46.4. The third kappa shape index (κ3) is 9.25. The van der Waals surface area contributed by atoms with Crippen LogP contribution in [-0.4, -0.2) is 60.3 Å². The first-order valence-corrected chi connectivity index (χ1v) is 19.8. The number of allylic oxidation sites excluding steroid dienone is 1. The van der Waals surface area contributed by atoms with Crippen LogP contribution in [0.3, 0.4) is 0 Å². The molecular formula is C46H51N3O8. The molecule has 3 aromatic carbocycles. The summed E-state index contributed by atoms with van der Waals surface area (Å²) in [6.45, 7) is 10.4. The van der Waals surface area contributed by atoms with E-state index in [2.05, 4.69) is 16.9 Å². The summed E-state index contributed by atoms with van der Waals surface area (Å²) < 4.78 is 29.3. The lowest BCUT2D eigenvalue weighted by Crippen LogP contribution is -2.56. The molecule has 2 aliphatic heterocycles. The fourth-order valence-electron chi connectivity index (χ4n) is 7.91. The predicted molar refractivity (Wildman–Crippen MR) is 215 cm³/mol. The van der Waals surface area contributed by atoms with Crippen molar-refractivity contribution < 1.29 is 38.1 Å². The monoisotopic (exact) mass is 773 g/mol. The summed E-state index contributed by atoms with van der Waals surface area (Å²) in [6.07, 6.45) is 7.41. The zero-order chi connectivity index (χ0) is 40.1. The van der Waals surface area contributed by atoms with E-state index in [1.165, 1.54) is 44.1 Å². The first-order valence-electron chi connectivity index (χ1n) is 19.8. The standard InChI is InChI=1S/C46H51N3O8/c1-28(2)56-46(52)49-25-36-24-42-41(55-27-43(57-42)34-15-17-37(18-16-34)54-26-32-9-7-6-8-10-32)23-35(36)22-40(49)44(50)48-39(45(51)53-5)21-31-11-13-33(14-12-31)38-19-20-47-30(4)29(38)3/h11-20,23-24,32,39-40,43H,1,6-10,21-22,25-27H2,2-5H3,(H,48,50)/t39-,40-,43+/m0/s1. The first kappa shape index (κ1) is 39.4. The Bertz CT molecular complexity index is 2110. The Morgan fingerprint density at radius 2 is 1.70 bits per heavy atom. The molecule has 2 amide bonds. The van der Waals surface area contributed by atoms with Crippen LogP contribution in [0.4, 0.5) is 4.79 Å². The van der Waals surface area contributed by atoms with Crippen LogP contribution >= 0.6 is 0 Å². The number of carbonyl (C=O) groups is 3. The van der Waals surface area contributed by atoms with Crippen molar-refractivity contribution in [1.82, 2.24) is 15.2 Å². The van der Waals surface area contributed by atoms with E-state index in [0.717, 1.165) is 57.0 Å². The van der Waals surface area contributed by atoms with E-state index in [9.17, 15) is 14.4 Å². The largest absolute Gasteiger partial charge is 0.493 e. The number of ether oxygens (including phenoxy) is 5. The molecule has 1 fully saturated rings. The van der Waals surface area contributed by atoms with Gasteiger partial charge in [0.25, 0.3) is 0 Å². The highest BCUT2D eigenvalue weighted by atomic mass is 16.6. The van der Waals surface area contributed by atoms with Crippen molar-refractivity contribution >= 4 is 18.0 Å². The SMILES string of the molecule is C=C(C)OC(=O)N1Cc2cc3c(cc2C[C@H]1C(=O)N[C@@H](Cc1ccc(-c2ccnc(C)c2C)cc1)C(=O)OC)OC[C@H](c1ccc(OCC2CCCCC2)cc1)O3. The quantitative estimate of drug-likeness (QED) is 0.119. The Kier molecular flexibility index (Phi) is 12.1. The zero-order valence-corrected chi connectivity index (χ0v) is 33.2. The first-order chi connectivity index (χ1) is 27.6. The van der Waals surface area contributed by atoms with Gasteiger partial charge in [0.15, 0.2) is 17.6 Å². The molecule has 3 atom stereocenters. The maximum atomic E-state index is 14.1. The molecule has 0 bridgehead atoms. The Labute approximate surface area is 334 Å². The van der Waals surface area contributed by atoms with E-state index in [4.69, 9.17) is 23.7 Å². The van der Waals surface area contributed by atoms with Gasteiger partial charge in [0.2, 0.25) is 5.91 Å². The number of pyridine rings is 1. The van der Waals surface area contributed by atoms with Crippen molar-refractivity contribution in [1.29, 1.82) is 0 Å². The topological polar surface area (TPSA) is 126 Å². The van der Waals surface area contributed by atoms with Gasteiger partial charge in [-0.3, -0.25) is 14.7 Å². The number of hydrogen-bond donors (Lipinski definition) is 1. The predicted octanol–water partition coefficient (Wildman–Crippen LogP) is 8.13. The van der Waals surface area contributed by atoms with E-state index in [1.54, 1.807) is 13.1 Å². The number of esters is 1. The zero-order valence-electron chi connectivity index (χ0n) is 33.2. The lowest BCUT2D eigenvalue weighted by Gasteiger charge is -2.37. The number of aromatic nitrogens is 1. The molecule has 1 aliphatic carbocycles. The van der Waals surface area contributed by atoms with Crippen LogP contribution in [-0.2, 0) is 38.4 Å². The molecule has 0 unspecified atom stereocenters. The molecule has 298 valence electrons. The molecule has 0 radical (unpaired) electrons. The number of nitrogens with one attached hydrogen (secondary N) is 1. The van der Waals surface area contributed by atoms with E-state index in [0.29, 0.717) is 24.0 Å². The second kappa shape index (κ2) is 17.5. The minimum Gasteiger partial charge on any atom is -0.493 e. The maximum Gasteiger partial charge on any atom is 0.415 e. The third-order valence-corrected chi connectivity index (χ3v) is 11.3. The molecule has 3 heterocycles. The van der Waals surface area contributed by atoms with Gasteiger partial charge in [-0.15, -0.1) is 0 Å². The van der Waals surface area contributed by atoms with Gasteiger partial charge in [-0.25, -0.2) is 9.59 Å². The number of carbonyl (C=O) groups excluding carboxylic acids is 3. The minimum absolute atomic E-state index is 0.0616. The van der Waals surface area contributed by atoms with E-state index in [1.807, 2.05) is 80.6 Å². The Hall–Kier alpha value is -5.84. The number of methoxy groups -OCH3 is 1. The lowest BCUT2D eigenvalue weighted by molar-refractivity contribution is -0.145. The molecular weight excluding hydrogens is 723 g/mol. The smallest absolute Gasteiger partial charge is 0.415 e. The van der Waals surface area contributed by atoms with Crippen LogP contribution in [0.15, 0.2) is 85.3 Å². The van der Waals surface area contributed by atoms with E-state index >= 15 is 0 Å². The molecule has 11 heteroatoms. The number of benzene rings is 3. The molecule has 11 nitrogen and oxygen atoms in total. The van der Waals surface area contributed by atoms with Crippen LogP contribution in [0.1, 0.15) is 78.6 Å². The number of nitrogens with zero attached hydrogens (tertiary/aromatic N) is 2. The normalized spacial score (nSPS) is 18.1. The number of hydrogen-bond acceptors (Lipinski definition) is 9. The molecule has 1 N–H and O–H groups in total. The summed E-state index contributed by atoms with van der Waals surface area (Å²) in [5.41, 5.74) is 7.53. The van der Waals surface area contributed by atoms with Crippen molar-refractivity contribution in [3.8, 4) is 28.4 Å². The van der Waals surface area contributed by atoms with Crippen LogP contribution in [0.2, 0.25) is 0 Å². The second-order valence-corrected chi connectivity index (χ2v) is 15.3. The second-order valence-electron chi connectivity index (χ2n) is 15.3. The maximum absolute atomic E-state index is 14.1. The summed E-state index contributed by atoms with van der Waals surface area (Å²) >= 11 is 0. The summed E-state index contributed by atoms with van der Waals surface area (Å²) in [6, 6.07) is 19.5. The fourth-order valence-corrected chi connectivity index (χ4v) is 7.91. The van der Waals surface area contributed by atoms with Crippen molar-refractivity contribution in [3.63, 3.8) is 0 Å². The van der Waals surface area contributed by atoms with Crippen LogP contribution in [0.25, 0.3) is 11.1 Å². The minimum atomic E-state index is -1.01. The van der Waals surface area contributed by atoms with Gasteiger partial charge in [0, 0.05) is 24.7 Å². The highest BCUT2D eigenvalue weighted by molar-refractivity contribution is 5.90. The Morgan fingerprint density at radius 1 is 0.965 bits per heavy atom. The van der Waals surface area contributed by atoms with Gasteiger partial charge in [0.1, 0.15) is 24.4 Å². The third-order valence-electron chi connectivity index (χ3n) is 11.3. The average Bonchev–Trinajstić information content (AvgIpc) is 3.22. The molecule has 7 rings (SSSR count). The Balaban J connectivity index is 1.05. The molecule has 57 heavy (non-hydrogen) atoms. The van der Waals surface area contributed by atoms with Crippen molar-refractivity contribution in [2.45, 2.75) is 90.4 Å². The number of rotatable bonds is 11. The molecule has 4 aromatic rings. The van der Waals surface area contributed by atoms with Crippen LogP contribution in [0, 0.1) is 19.8 Å². The fraction of sp³-hybridized carbons (Fsp3) is 0.391. The van der Waals surface area contributed by atoms with Crippen molar-refractivity contribution in [2.24, 2.45) is 5.92 Å². The summed E-state index contributed by atoms with van der Waals surface area (Å²) in [5.74, 6) is 1.64. The van der Waals surface area contributed by atoms with Gasteiger partial charge in [-0.2, -0.15) is 0 Å². The summed E-state index contributed by atoms with van der Waals surface area (Å²) in [5, 5.41) is 2.87. The molecule has 1 aromatic heterocycles. The van der Waals surface area contributed by atoms with Crippen LogP contribution < -0.4 is 19.5 Å². The highest BCUT2D eigenvalue weighted by Gasteiger charge is 2.39. The number of fused-ring (bicyclic) bond motifs is 2. The van der Waals surface area contributed by atoms with E-state index < -0.39 is 30.1 Å². The average molecular weight is 774 g/mol. The van der Waals surface area contributed by atoms with Gasteiger partial charge < -0.3 is 29.0 Å². The summed E-state index contributed by atoms with van der Waals surface area (Å²) in [7, 11) is 1.28. The number of amides is 2. The Morgan fingerprint density at radius 3 is 2.42 bits per heavy atom. The number of aryl methyl sites for hydroxylation is 1. The van der Waals surface area contributed by atoms with Gasteiger partial charge >= 0.3 is 12.1 Å². The molecule has 1 saturated carbocycles. The highest BCUT2D eigenvalue weighted by Crippen LogP contribution is 2.41.